The first-order valence-electron chi connectivity index (χ1n) is 9.26. The molecule has 1 aromatic carbocycles. The molecule has 2 saturated heterocycles. The number of amides is 2. The second-order valence-corrected chi connectivity index (χ2v) is 6.83. The predicted molar refractivity (Wildman–Crippen MR) is 96.4 cm³/mol. The third-order valence-corrected chi connectivity index (χ3v) is 4.91. The van der Waals surface area contributed by atoms with Crippen molar-refractivity contribution in [2.75, 3.05) is 38.2 Å². The van der Waals surface area contributed by atoms with E-state index in [1.54, 1.807) is 0 Å². The highest BCUT2D eigenvalue weighted by molar-refractivity contribution is 5.89. The van der Waals surface area contributed by atoms with Crippen molar-refractivity contribution in [1.82, 2.24) is 10.2 Å². The summed E-state index contributed by atoms with van der Waals surface area (Å²) in [4.78, 5) is 14.6. The Kier molecular flexibility index (Phi) is 6.49. The molecular formula is C19H29N3O2. The molecule has 0 aromatic heterocycles. The van der Waals surface area contributed by atoms with Crippen molar-refractivity contribution in [2.45, 2.75) is 44.6 Å². The number of benzene rings is 1. The van der Waals surface area contributed by atoms with Crippen molar-refractivity contribution < 1.29 is 9.53 Å². The van der Waals surface area contributed by atoms with Gasteiger partial charge in [-0.1, -0.05) is 12.1 Å². The molecule has 0 spiro atoms. The van der Waals surface area contributed by atoms with Crippen molar-refractivity contribution in [3.63, 3.8) is 0 Å². The van der Waals surface area contributed by atoms with Crippen molar-refractivity contribution in [3.05, 3.63) is 29.8 Å². The number of aryl methyl sites for hydroxylation is 1. The molecule has 2 amide bonds. The third kappa shape index (κ3) is 5.49. The van der Waals surface area contributed by atoms with Gasteiger partial charge in [-0.15, -0.1) is 0 Å². The van der Waals surface area contributed by atoms with Gasteiger partial charge in [0, 0.05) is 24.9 Å². The standard InChI is InChI=1S/C19H29N3O2/c23-19(21-18-9-14-24-15-10-18)20-17-7-5-16(6-8-17)4-3-13-22-11-1-2-12-22/h5-8,18H,1-4,9-15H2,(H2,20,21,23). The Bertz CT molecular complexity index is 506. The molecule has 0 aliphatic carbocycles. The van der Waals surface area contributed by atoms with E-state index in [2.05, 4.69) is 27.7 Å². The van der Waals surface area contributed by atoms with Crippen LogP contribution in [0.4, 0.5) is 10.5 Å². The SMILES string of the molecule is O=C(Nc1ccc(CCCN2CCCC2)cc1)NC1CCOCC1. The average Bonchev–Trinajstić information content (AvgIpc) is 3.11. The van der Waals surface area contributed by atoms with Crippen LogP contribution in [0.1, 0.15) is 37.7 Å². The van der Waals surface area contributed by atoms with Gasteiger partial charge in [-0.2, -0.15) is 0 Å². The first-order valence-corrected chi connectivity index (χ1v) is 9.26. The van der Waals surface area contributed by atoms with Gasteiger partial charge in [0.2, 0.25) is 0 Å². The van der Waals surface area contributed by atoms with E-state index < -0.39 is 0 Å². The van der Waals surface area contributed by atoms with Crippen molar-refractivity contribution in [1.29, 1.82) is 0 Å². The van der Waals surface area contributed by atoms with Crippen molar-refractivity contribution in [2.24, 2.45) is 0 Å². The number of nitrogens with zero attached hydrogens (tertiary/aromatic N) is 1. The van der Waals surface area contributed by atoms with Crippen molar-refractivity contribution in [3.8, 4) is 0 Å². The number of carbonyl (C=O) groups is 1. The number of rotatable bonds is 6. The molecule has 0 radical (unpaired) electrons. The van der Waals surface area contributed by atoms with Gasteiger partial charge in [0.15, 0.2) is 0 Å². The van der Waals surface area contributed by atoms with Crippen LogP contribution in [0.25, 0.3) is 0 Å². The molecule has 0 bridgehead atoms. The van der Waals surface area contributed by atoms with E-state index in [1.807, 2.05) is 12.1 Å². The molecular weight excluding hydrogens is 302 g/mol. The fraction of sp³-hybridized carbons (Fsp3) is 0.632. The monoisotopic (exact) mass is 331 g/mol. The van der Waals surface area contributed by atoms with Gasteiger partial charge in [0.05, 0.1) is 0 Å². The summed E-state index contributed by atoms with van der Waals surface area (Å²) < 4.78 is 5.30. The molecule has 2 heterocycles. The van der Waals surface area contributed by atoms with Gasteiger partial charge < -0.3 is 20.3 Å². The molecule has 0 unspecified atom stereocenters. The normalized spacial score (nSPS) is 19.3. The summed E-state index contributed by atoms with van der Waals surface area (Å²) in [6, 6.07) is 8.33. The Morgan fingerprint density at radius 3 is 2.54 bits per heavy atom. The zero-order chi connectivity index (χ0) is 16.6. The summed E-state index contributed by atoms with van der Waals surface area (Å²) in [6.07, 6.45) is 6.81. The van der Waals surface area contributed by atoms with Gasteiger partial charge in [-0.25, -0.2) is 4.79 Å². The molecule has 2 aliphatic rings. The minimum absolute atomic E-state index is 0.122. The van der Waals surface area contributed by atoms with E-state index >= 15 is 0 Å². The Morgan fingerprint density at radius 1 is 1.12 bits per heavy atom. The summed E-state index contributed by atoms with van der Waals surface area (Å²) in [7, 11) is 0. The van der Waals surface area contributed by atoms with Crippen LogP contribution in [-0.2, 0) is 11.2 Å². The number of hydrogen-bond acceptors (Lipinski definition) is 3. The van der Waals surface area contributed by atoms with Crippen LogP contribution in [0.15, 0.2) is 24.3 Å². The molecule has 2 fully saturated rings. The maximum Gasteiger partial charge on any atom is 0.319 e. The van der Waals surface area contributed by atoms with E-state index in [0.717, 1.165) is 38.2 Å². The Morgan fingerprint density at radius 2 is 1.83 bits per heavy atom. The number of ether oxygens (including phenoxy) is 1. The third-order valence-electron chi connectivity index (χ3n) is 4.91. The van der Waals surface area contributed by atoms with Crippen LogP contribution in [0, 0.1) is 0 Å². The van der Waals surface area contributed by atoms with Gasteiger partial charge in [-0.05, 0) is 75.9 Å². The Labute approximate surface area is 144 Å². The van der Waals surface area contributed by atoms with Crippen molar-refractivity contribution >= 4 is 11.7 Å². The van der Waals surface area contributed by atoms with Crippen LogP contribution in [-0.4, -0.2) is 49.8 Å². The Balaban J connectivity index is 1.37. The minimum Gasteiger partial charge on any atom is -0.381 e. The molecule has 3 rings (SSSR count). The van der Waals surface area contributed by atoms with E-state index in [1.165, 1.54) is 44.5 Å². The van der Waals surface area contributed by atoms with Crippen LogP contribution < -0.4 is 10.6 Å². The number of carbonyl (C=O) groups excluding carboxylic acids is 1. The van der Waals surface area contributed by atoms with Gasteiger partial charge >= 0.3 is 6.03 Å². The van der Waals surface area contributed by atoms with Crippen LogP contribution in [0.2, 0.25) is 0 Å². The molecule has 24 heavy (non-hydrogen) atoms. The van der Waals surface area contributed by atoms with E-state index in [9.17, 15) is 4.79 Å². The Hall–Kier alpha value is -1.59. The zero-order valence-corrected chi connectivity index (χ0v) is 14.4. The van der Waals surface area contributed by atoms with Crippen LogP contribution >= 0.6 is 0 Å². The maximum absolute atomic E-state index is 12.0. The number of urea groups is 1. The molecule has 0 atom stereocenters. The lowest BCUT2D eigenvalue weighted by Gasteiger charge is -2.23. The van der Waals surface area contributed by atoms with Gasteiger partial charge in [-0.3, -0.25) is 0 Å². The van der Waals surface area contributed by atoms with E-state index in [0.29, 0.717) is 0 Å². The smallest absolute Gasteiger partial charge is 0.319 e. The number of nitrogens with one attached hydrogen (secondary N) is 2. The van der Waals surface area contributed by atoms with Gasteiger partial charge in [0.25, 0.3) is 0 Å². The molecule has 132 valence electrons. The summed E-state index contributed by atoms with van der Waals surface area (Å²) in [5.74, 6) is 0. The quantitative estimate of drug-likeness (QED) is 0.842. The molecule has 2 aliphatic heterocycles. The lowest BCUT2D eigenvalue weighted by Crippen LogP contribution is -2.41. The van der Waals surface area contributed by atoms with Crippen LogP contribution in [0.5, 0.6) is 0 Å². The highest BCUT2D eigenvalue weighted by atomic mass is 16.5. The van der Waals surface area contributed by atoms with Gasteiger partial charge in [0.1, 0.15) is 0 Å². The summed E-state index contributed by atoms with van der Waals surface area (Å²) >= 11 is 0. The largest absolute Gasteiger partial charge is 0.381 e. The highest BCUT2D eigenvalue weighted by Crippen LogP contribution is 2.13. The first kappa shape index (κ1) is 17.2. The summed E-state index contributed by atoms with van der Waals surface area (Å²) in [5, 5.41) is 5.93. The lowest BCUT2D eigenvalue weighted by atomic mass is 10.1. The lowest BCUT2D eigenvalue weighted by molar-refractivity contribution is 0.0806. The average molecular weight is 331 g/mol. The van der Waals surface area contributed by atoms with E-state index in [-0.39, 0.29) is 12.1 Å². The maximum atomic E-state index is 12.0. The minimum atomic E-state index is -0.122. The fourth-order valence-electron chi connectivity index (χ4n) is 3.46. The first-order chi connectivity index (χ1) is 11.8. The zero-order valence-electron chi connectivity index (χ0n) is 14.4. The topological polar surface area (TPSA) is 53.6 Å². The number of hydrogen-bond donors (Lipinski definition) is 2. The number of likely N-dealkylation sites (tertiary alicyclic amines) is 1. The molecule has 1 aromatic rings. The second-order valence-electron chi connectivity index (χ2n) is 6.83. The molecule has 5 heteroatoms. The highest BCUT2D eigenvalue weighted by Gasteiger charge is 2.16. The molecule has 5 nitrogen and oxygen atoms in total. The summed E-state index contributed by atoms with van der Waals surface area (Å²) in [6.45, 7) is 5.21. The van der Waals surface area contributed by atoms with Crippen LogP contribution in [0.3, 0.4) is 0 Å². The molecule has 2 N–H and O–H groups in total. The second kappa shape index (κ2) is 9.04. The summed E-state index contributed by atoms with van der Waals surface area (Å²) in [5.41, 5.74) is 2.19. The molecule has 0 saturated carbocycles. The predicted octanol–water partition coefficient (Wildman–Crippen LogP) is 3.02. The number of anilines is 1. The van der Waals surface area contributed by atoms with E-state index in [4.69, 9.17) is 4.74 Å². The fourth-order valence-corrected chi connectivity index (χ4v) is 3.46.